The molecule has 2 aromatic rings. The molecule has 1 saturated heterocycles. The van der Waals surface area contributed by atoms with Crippen LogP contribution in [0.4, 0.5) is 0 Å². The molecule has 0 bridgehead atoms. The van der Waals surface area contributed by atoms with Gasteiger partial charge in [0.1, 0.15) is 0 Å². The summed E-state index contributed by atoms with van der Waals surface area (Å²) in [4.78, 5) is 4.24. The maximum absolute atomic E-state index is 8.81. The molecule has 1 aliphatic heterocycles. The second-order valence-electron chi connectivity index (χ2n) is 4.50. The Hall–Kier alpha value is -2.12. The maximum Gasteiger partial charge on any atom is 0.0994 e. The van der Waals surface area contributed by atoms with Crippen LogP contribution in [0.15, 0.2) is 36.8 Å². The van der Waals surface area contributed by atoms with E-state index in [1.165, 1.54) is 12.1 Å². The molecule has 1 aliphatic rings. The molecular formula is C14H14N4. The summed E-state index contributed by atoms with van der Waals surface area (Å²) in [6.07, 6.45) is 6.11. The van der Waals surface area contributed by atoms with Gasteiger partial charge in [-0.25, -0.2) is 4.98 Å². The highest BCUT2D eigenvalue weighted by Crippen LogP contribution is 2.25. The topological polar surface area (TPSA) is 53.6 Å². The van der Waals surface area contributed by atoms with Gasteiger partial charge in [-0.15, -0.1) is 0 Å². The third-order valence-electron chi connectivity index (χ3n) is 3.36. The van der Waals surface area contributed by atoms with E-state index < -0.39 is 0 Å². The first-order chi connectivity index (χ1) is 8.88. The summed E-state index contributed by atoms with van der Waals surface area (Å²) in [5, 5.41) is 12.3. The quantitative estimate of drug-likeness (QED) is 0.872. The summed E-state index contributed by atoms with van der Waals surface area (Å²) >= 11 is 0. The fraction of sp³-hybridized carbons (Fsp3) is 0.286. The third kappa shape index (κ3) is 1.89. The lowest BCUT2D eigenvalue weighted by molar-refractivity contribution is 0.615. The van der Waals surface area contributed by atoms with Crippen molar-refractivity contribution in [1.29, 1.82) is 5.26 Å². The Morgan fingerprint density at radius 3 is 2.83 bits per heavy atom. The SMILES string of the molecule is N#Cc1ccc(-n2cncc2C2CCCN2)cc1. The van der Waals surface area contributed by atoms with Crippen LogP contribution < -0.4 is 5.32 Å². The molecule has 2 heterocycles. The number of nitriles is 1. The second-order valence-corrected chi connectivity index (χ2v) is 4.50. The van der Waals surface area contributed by atoms with Gasteiger partial charge in [0, 0.05) is 11.7 Å². The van der Waals surface area contributed by atoms with E-state index in [2.05, 4.69) is 20.9 Å². The van der Waals surface area contributed by atoms with Gasteiger partial charge < -0.3 is 9.88 Å². The number of nitrogens with zero attached hydrogens (tertiary/aromatic N) is 3. The minimum absolute atomic E-state index is 0.392. The van der Waals surface area contributed by atoms with E-state index in [1.807, 2.05) is 36.8 Å². The van der Waals surface area contributed by atoms with Gasteiger partial charge in [0.05, 0.1) is 29.9 Å². The van der Waals surface area contributed by atoms with Crippen molar-refractivity contribution in [3.63, 3.8) is 0 Å². The fourth-order valence-electron chi connectivity index (χ4n) is 2.41. The molecule has 1 unspecified atom stereocenters. The molecule has 90 valence electrons. The number of nitrogens with one attached hydrogen (secondary N) is 1. The van der Waals surface area contributed by atoms with Crippen LogP contribution in [-0.4, -0.2) is 16.1 Å². The molecule has 0 amide bonds. The Labute approximate surface area is 106 Å². The van der Waals surface area contributed by atoms with Crippen LogP contribution in [-0.2, 0) is 0 Å². The summed E-state index contributed by atoms with van der Waals surface area (Å²) < 4.78 is 2.09. The first-order valence-corrected chi connectivity index (χ1v) is 6.14. The van der Waals surface area contributed by atoms with Gasteiger partial charge in [-0.1, -0.05) is 0 Å². The highest BCUT2D eigenvalue weighted by Gasteiger charge is 2.20. The molecule has 0 aliphatic carbocycles. The Kier molecular flexibility index (Phi) is 2.83. The van der Waals surface area contributed by atoms with E-state index in [-0.39, 0.29) is 0 Å². The standard InChI is InChI=1S/C14H14N4/c15-8-11-3-5-12(6-4-11)18-10-16-9-14(18)13-2-1-7-17-13/h3-6,9-10,13,17H,1-2,7H2. The molecule has 3 rings (SSSR count). The zero-order valence-electron chi connectivity index (χ0n) is 10.0. The van der Waals surface area contributed by atoms with Gasteiger partial charge in [-0.2, -0.15) is 5.26 Å². The van der Waals surface area contributed by atoms with Crippen molar-refractivity contribution < 1.29 is 0 Å². The molecule has 4 nitrogen and oxygen atoms in total. The Balaban J connectivity index is 1.96. The Morgan fingerprint density at radius 2 is 2.17 bits per heavy atom. The molecule has 1 N–H and O–H groups in total. The lowest BCUT2D eigenvalue weighted by Gasteiger charge is -2.13. The van der Waals surface area contributed by atoms with Crippen LogP contribution in [0.3, 0.4) is 0 Å². The van der Waals surface area contributed by atoms with Gasteiger partial charge in [0.25, 0.3) is 0 Å². The summed E-state index contributed by atoms with van der Waals surface area (Å²) in [5.74, 6) is 0. The molecule has 18 heavy (non-hydrogen) atoms. The van der Waals surface area contributed by atoms with Crippen LogP contribution in [0.5, 0.6) is 0 Å². The zero-order chi connectivity index (χ0) is 12.4. The smallest absolute Gasteiger partial charge is 0.0994 e. The molecule has 1 aromatic carbocycles. The van der Waals surface area contributed by atoms with Gasteiger partial charge in [-0.05, 0) is 43.7 Å². The highest BCUT2D eigenvalue weighted by atomic mass is 15.1. The van der Waals surface area contributed by atoms with Gasteiger partial charge in [0.15, 0.2) is 0 Å². The Bertz CT molecular complexity index is 571. The van der Waals surface area contributed by atoms with Crippen molar-refractivity contribution in [2.75, 3.05) is 6.54 Å². The van der Waals surface area contributed by atoms with Gasteiger partial charge >= 0.3 is 0 Å². The maximum atomic E-state index is 8.81. The number of rotatable bonds is 2. The summed E-state index contributed by atoms with van der Waals surface area (Å²) in [7, 11) is 0. The average Bonchev–Trinajstić information content (AvgIpc) is 3.09. The number of hydrogen-bond acceptors (Lipinski definition) is 3. The monoisotopic (exact) mass is 238 g/mol. The lowest BCUT2D eigenvalue weighted by Crippen LogP contribution is -2.16. The van der Waals surface area contributed by atoms with Crippen molar-refractivity contribution in [2.24, 2.45) is 0 Å². The number of imidazole rings is 1. The van der Waals surface area contributed by atoms with Crippen LogP contribution in [0, 0.1) is 11.3 Å². The van der Waals surface area contributed by atoms with Crippen molar-refractivity contribution in [3.05, 3.63) is 48.0 Å². The highest BCUT2D eigenvalue weighted by molar-refractivity contribution is 5.40. The van der Waals surface area contributed by atoms with Crippen molar-refractivity contribution in [2.45, 2.75) is 18.9 Å². The Morgan fingerprint density at radius 1 is 1.33 bits per heavy atom. The first-order valence-electron chi connectivity index (χ1n) is 6.14. The second kappa shape index (κ2) is 4.63. The van der Waals surface area contributed by atoms with E-state index in [0.717, 1.165) is 18.7 Å². The fourth-order valence-corrected chi connectivity index (χ4v) is 2.41. The minimum atomic E-state index is 0.392. The summed E-state index contributed by atoms with van der Waals surface area (Å²) in [5.41, 5.74) is 2.92. The number of benzene rings is 1. The van der Waals surface area contributed by atoms with Crippen LogP contribution in [0.2, 0.25) is 0 Å². The lowest BCUT2D eigenvalue weighted by atomic mass is 10.1. The normalized spacial score (nSPS) is 18.7. The predicted octanol–water partition coefficient (Wildman–Crippen LogP) is 2.17. The molecule has 0 spiro atoms. The third-order valence-corrected chi connectivity index (χ3v) is 3.36. The molecule has 1 atom stereocenters. The molecule has 1 fully saturated rings. The summed E-state index contributed by atoms with van der Waals surface area (Å²) in [6.45, 7) is 1.07. The minimum Gasteiger partial charge on any atom is -0.309 e. The van der Waals surface area contributed by atoms with Crippen molar-refractivity contribution in [3.8, 4) is 11.8 Å². The first kappa shape index (κ1) is 11.0. The molecule has 0 saturated carbocycles. The summed E-state index contributed by atoms with van der Waals surface area (Å²) in [6, 6.07) is 10.1. The van der Waals surface area contributed by atoms with Crippen molar-refractivity contribution >= 4 is 0 Å². The van der Waals surface area contributed by atoms with Crippen LogP contribution in [0.1, 0.15) is 30.1 Å². The number of hydrogen-bond donors (Lipinski definition) is 1. The average molecular weight is 238 g/mol. The van der Waals surface area contributed by atoms with Crippen LogP contribution in [0.25, 0.3) is 5.69 Å². The zero-order valence-corrected chi connectivity index (χ0v) is 10.0. The number of aromatic nitrogens is 2. The largest absolute Gasteiger partial charge is 0.309 e. The van der Waals surface area contributed by atoms with E-state index >= 15 is 0 Å². The van der Waals surface area contributed by atoms with Crippen LogP contribution >= 0.6 is 0 Å². The predicted molar refractivity (Wildman–Crippen MR) is 68.3 cm³/mol. The van der Waals surface area contributed by atoms with Gasteiger partial charge in [-0.3, -0.25) is 0 Å². The van der Waals surface area contributed by atoms with E-state index in [4.69, 9.17) is 5.26 Å². The van der Waals surface area contributed by atoms with E-state index in [0.29, 0.717) is 11.6 Å². The van der Waals surface area contributed by atoms with Crippen molar-refractivity contribution in [1.82, 2.24) is 14.9 Å². The van der Waals surface area contributed by atoms with E-state index in [9.17, 15) is 0 Å². The molecule has 4 heteroatoms. The molecular weight excluding hydrogens is 224 g/mol. The molecule has 0 radical (unpaired) electrons. The van der Waals surface area contributed by atoms with E-state index in [1.54, 1.807) is 0 Å². The molecule has 1 aromatic heterocycles. The van der Waals surface area contributed by atoms with Gasteiger partial charge in [0.2, 0.25) is 0 Å².